The molecular weight excluding hydrogens is 611 g/mol. The first kappa shape index (κ1) is 28.4. The van der Waals surface area contributed by atoms with Crippen LogP contribution in [0.15, 0.2) is 176 Å². The van der Waals surface area contributed by atoms with Gasteiger partial charge in [-0.1, -0.05) is 140 Å². The third kappa shape index (κ3) is 4.22. The van der Waals surface area contributed by atoms with Gasteiger partial charge in [0.2, 0.25) is 0 Å². The zero-order valence-corrected chi connectivity index (χ0v) is 27.0. The molecule has 1 spiro atoms. The molecule has 3 heterocycles. The van der Waals surface area contributed by atoms with Gasteiger partial charge in [-0.2, -0.15) is 0 Å². The Kier molecular flexibility index (Phi) is 6.36. The maximum atomic E-state index is 6.95. The van der Waals surface area contributed by atoms with Crippen LogP contribution in [0.5, 0.6) is 11.5 Å². The van der Waals surface area contributed by atoms with Crippen molar-refractivity contribution in [3.05, 3.63) is 198 Å². The summed E-state index contributed by atoms with van der Waals surface area (Å²) in [7, 11) is 0. The first-order valence-electron chi connectivity index (χ1n) is 16.9. The number of aromatic nitrogens is 3. The summed E-state index contributed by atoms with van der Waals surface area (Å²) in [5.41, 5.74) is 13.3. The van der Waals surface area contributed by atoms with Crippen LogP contribution in [0.1, 0.15) is 22.3 Å². The lowest BCUT2D eigenvalue weighted by molar-refractivity contribution is 0.438. The molecule has 4 nitrogen and oxygen atoms in total. The monoisotopic (exact) mass is 639 g/mol. The molecule has 0 N–H and O–H groups in total. The Bertz CT molecular complexity index is 2480. The van der Waals surface area contributed by atoms with E-state index >= 15 is 0 Å². The van der Waals surface area contributed by atoms with Crippen molar-refractivity contribution in [1.29, 1.82) is 0 Å². The fraction of sp³-hybridized carbons (Fsp3) is 0.0217. The third-order valence-corrected chi connectivity index (χ3v) is 10.0. The molecule has 6 aromatic carbocycles. The standard InChI is InChI=1S/C46H29N3O/c1-2-14-30(15-3-1)45-48-41(29-42(49-45)40-25-10-11-27-47-40)32-17-12-16-31(28-32)33-20-13-24-39-44(33)50-43-26-9-8-23-38(43)46(39)36-21-6-4-18-34(36)35-19-5-7-22-37(35)46/h1-29H. The van der Waals surface area contributed by atoms with E-state index < -0.39 is 5.41 Å². The van der Waals surface area contributed by atoms with Crippen molar-refractivity contribution < 1.29 is 4.74 Å². The van der Waals surface area contributed by atoms with E-state index in [9.17, 15) is 0 Å². The van der Waals surface area contributed by atoms with Gasteiger partial charge >= 0.3 is 0 Å². The number of hydrogen-bond donors (Lipinski definition) is 0. The molecule has 1 aliphatic carbocycles. The predicted molar refractivity (Wildman–Crippen MR) is 199 cm³/mol. The highest BCUT2D eigenvalue weighted by molar-refractivity contribution is 5.90. The first-order valence-corrected chi connectivity index (χ1v) is 16.9. The van der Waals surface area contributed by atoms with Crippen LogP contribution in [-0.4, -0.2) is 15.0 Å². The number of nitrogens with zero attached hydrogens (tertiary/aromatic N) is 3. The van der Waals surface area contributed by atoms with Crippen LogP contribution < -0.4 is 4.74 Å². The molecule has 0 unspecified atom stereocenters. The zero-order chi connectivity index (χ0) is 33.1. The lowest BCUT2D eigenvalue weighted by atomic mass is 9.65. The highest BCUT2D eigenvalue weighted by atomic mass is 16.5. The molecule has 50 heavy (non-hydrogen) atoms. The Morgan fingerprint density at radius 2 is 1.00 bits per heavy atom. The second kappa shape index (κ2) is 11.2. The number of rotatable bonds is 4. The molecular formula is C46H29N3O. The van der Waals surface area contributed by atoms with Gasteiger partial charge in [-0.15, -0.1) is 0 Å². The van der Waals surface area contributed by atoms with Crippen molar-refractivity contribution in [2.24, 2.45) is 0 Å². The number of para-hydroxylation sites is 2. The fourth-order valence-corrected chi connectivity index (χ4v) is 7.91. The van der Waals surface area contributed by atoms with Gasteiger partial charge < -0.3 is 4.74 Å². The van der Waals surface area contributed by atoms with E-state index in [-0.39, 0.29) is 0 Å². The summed E-state index contributed by atoms with van der Waals surface area (Å²) in [4.78, 5) is 14.6. The molecule has 0 fully saturated rings. The molecule has 1 aliphatic heterocycles. The SMILES string of the molecule is c1ccc(-c2nc(-c3cccc(-c4cccc5c4Oc4ccccc4C54c5ccccc5-c5ccccc54)c3)cc(-c3ccccn3)n2)cc1. The second-order valence-electron chi connectivity index (χ2n) is 12.7. The van der Waals surface area contributed by atoms with E-state index in [4.69, 9.17) is 14.7 Å². The van der Waals surface area contributed by atoms with Crippen LogP contribution in [0.4, 0.5) is 0 Å². The van der Waals surface area contributed by atoms with Crippen LogP contribution in [0.25, 0.3) is 56.3 Å². The Labute approximate surface area is 290 Å². The predicted octanol–water partition coefficient (Wildman–Crippen LogP) is 11.0. The first-order chi connectivity index (χ1) is 24.8. The second-order valence-corrected chi connectivity index (χ2v) is 12.7. The lowest BCUT2D eigenvalue weighted by Gasteiger charge is -2.40. The normalized spacial score (nSPS) is 13.1. The minimum atomic E-state index is -0.514. The van der Waals surface area contributed by atoms with Gasteiger partial charge in [0.25, 0.3) is 0 Å². The molecule has 8 aromatic rings. The summed E-state index contributed by atoms with van der Waals surface area (Å²) in [5, 5.41) is 0. The van der Waals surface area contributed by atoms with E-state index in [1.54, 1.807) is 6.20 Å². The van der Waals surface area contributed by atoms with Gasteiger partial charge in [-0.3, -0.25) is 4.98 Å². The molecule has 0 radical (unpaired) electrons. The van der Waals surface area contributed by atoms with E-state index in [2.05, 4.69) is 120 Å². The molecule has 0 amide bonds. The summed E-state index contributed by atoms with van der Waals surface area (Å²) >= 11 is 0. The van der Waals surface area contributed by atoms with Crippen LogP contribution in [-0.2, 0) is 5.41 Å². The minimum absolute atomic E-state index is 0.514. The van der Waals surface area contributed by atoms with Crippen molar-refractivity contribution >= 4 is 0 Å². The maximum Gasteiger partial charge on any atom is 0.160 e. The van der Waals surface area contributed by atoms with Crippen LogP contribution >= 0.6 is 0 Å². The Hall–Kier alpha value is -6.65. The Morgan fingerprint density at radius 3 is 1.78 bits per heavy atom. The molecule has 0 bridgehead atoms. The molecule has 234 valence electrons. The largest absolute Gasteiger partial charge is 0.456 e. The van der Waals surface area contributed by atoms with Crippen molar-refractivity contribution in [1.82, 2.24) is 15.0 Å². The van der Waals surface area contributed by atoms with Crippen LogP contribution in [0.2, 0.25) is 0 Å². The van der Waals surface area contributed by atoms with Crippen LogP contribution in [0.3, 0.4) is 0 Å². The summed E-state index contributed by atoms with van der Waals surface area (Å²) in [6, 6.07) is 59.3. The smallest absolute Gasteiger partial charge is 0.160 e. The number of ether oxygens (including phenoxy) is 1. The lowest BCUT2D eigenvalue weighted by Crippen LogP contribution is -2.32. The van der Waals surface area contributed by atoms with Gasteiger partial charge in [0, 0.05) is 34.0 Å². The topological polar surface area (TPSA) is 47.9 Å². The average molecular weight is 640 g/mol. The van der Waals surface area contributed by atoms with Gasteiger partial charge in [-0.25, -0.2) is 9.97 Å². The molecule has 2 aliphatic rings. The molecule has 10 rings (SSSR count). The maximum absolute atomic E-state index is 6.95. The number of fused-ring (bicyclic) bond motifs is 9. The van der Waals surface area contributed by atoms with Crippen molar-refractivity contribution in [2.45, 2.75) is 5.41 Å². The third-order valence-electron chi connectivity index (χ3n) is 10.0. The summed E-state index contributed by atoms with van der Waals surface area (Å²) in [6.45, 7) is 0. The Balaban J connectivity index is 1.18. The molecule has 0 saturated carbocycles. The van der Waals surface area contributed by atoms with Gasteiger partial charge in [-0.05, 0) is 58.1 Å². The van der Waals surface area contributed by atoms with E-state index in [1.807, 2.05) is 54.6 Å². The molecule has 2 aromatic heterocycles. The summed E-state index contributed by atoms with van der Waals surface area (Å²) < 4.78 is 6.95. The van der Waals surface area contributed by atoms with Crippen LogP contribution in [0, 0.1) is 0 Å². The van der Waals surface area contributed by atoms with Gasteiger partial charge in [0.05, 0.1) is 22.5 Å². The number of pyridine rings is 1. The quantitative estimate of drug-likeness (QED) is 0.192. The molecule has 4 heteroatoms. The van der Waals surface area contributed by atoms with E-state index in [0.717, 1.165) is 62.0 Å². The van der Waals surface area contributed by atoms with Crippen molar-refractivity contribution in [3.63, 3.8) is 0 Å². The highest BCUT2D eigenvalue weighted by Crippen LogP contribution is 2.63. The van der Waals surface area contributed by atoms with Gasteiger partial charge in [0.15, 0.2) is 5.82 Å². The van der Waals surface area contributed by atoms with Gasteiger partial charge in [0.1, 0.15) is 11.5 Å². The Morgan fingerprint density at radius 1 is 0.400 bits per heavy atom. The molecule has 0 saturated heterocycles. The number of hydrogen-bond acceptors (Lipinski definition) is 4. The van der Waals surface area contributed by atoms with E-state index in [0.29, 0.717) is 5.82 Å². The average Bonchev–Trinajstić information content (AvgIpc) is 3.49. The van der Waals surface area contributed by atoms with E-state index in [1.165, 1.54) is 22.3 Å². The van der Waals surface area contributed by atoms with Crippen molar-refractivity contribution in [2.75, 3.05) is 0 Å². The molecule has 0 atom stereocenters. The highest BCUT2D eigenvalue weighted by Gasteiger charge is 2.51. The number of benzene rings is 6. The minimum Gasteiger partial charge on any atom is -0.456 e. The fourth-order valence-electron chi connectivity index (χ4n) is 7.91. The zero-order valence-electron chi connectivity index (χ0n) is 27.0. The summed E-state index contributed by atoms with van der Waals surface area (Å²) in [6.07, 6.45) is 1.80. The summed E-state index contributed by atoms with van der Waals surface area (Å²) in [5.74, 6) is 2.40. The van der Waals surface area contributed by atoms with Crippen molar-refractivity contribution in [3.8, 4) is 67.8 Å².